The Bertz CT molecular complexity index is 3160. The molecule has 0 amide bonds. The molecule has 0 bridgehead atoms. The van der Waals surface area contributed by atoms with Crippen LogP contribution in [0.4, 0.5) is 17.1 Å². The van der Waals surface area contributed by atoms with E-state index in [9.17, 15) is 0 Å². The summed E-state index contributed by atoms with van der Waals surface area (Å²) in [4.78, 5) is 2.42. The SMILES string of the molecule is c1ccc(-c2ccccc2N(c2ccc(-c3cccc(-n4c5ccccc5c5ccccc54)c3)cc2)c2ccc([Si](c3ccccc3)(c3ccccc3)c3ccccc3)cc2)cc1. The van der Waals surface area contributed by atoms with Crippen molar-refractivity contribution in [2.45, 2.75) is 0 Å². The number of fused-ring (bicyclic) bond motifs is 3. The van der Waals surface area contributed by atoms with Crippen molar-refractivity contribution >= 4 is 67.7 Å². The Hall–Kier alpha value is -7.98. The number of hydrogen-bond donors (Lipinski definition) is 0. The predicted octanol–water partition coefficient (Wildman–Crippen LogP) is 13.0. The van der Waals surface area contributed by atoms with Crippen LogP contribution in [0, 0.1) is 0 Å². The van der Waals surface area contributed by atoms with Gasteiger partial charge >= 0.3 is 0 Å². The Labute approximate surface area is 370 Å². The highest BCUT2D eigenvalue weighted by molar-refractivity contribution is 7.19. The summed E-state index contributed by atoms with van der Waals surface area (Å²) in [6, 6.07) is 97.7. The fourth-order valence-electron chi connectivity index (χ4n) is 9.71. The van der Waals surface area contributed by atoms with Crippen molar-refractivity contribution in [2.24, 2.45) is 0 Å². The minimum Gasteiger partial charge on any atom is -0.310 e. The molecule has 0 fully saturated rings. The largest absolute Gasteiger partial charge is 0.310 e. The Balaban J connectivity index is 1.04. The molecule has 1 heterocycles. The van der Waals surface area contributed by atoms with Crippen LogP contribution in [0.5, 0.6) is 0 Å². The molecule has 1 aromatic heterocycles. The van der Waals surface area contributed by atoms with Crippen molar-refractivity contribution < 1.29 is 0 Å². The second-order valence-electron chi connectivity index (χ2n) is 16.1. The van der Waals surface area contributed by atoms with Gasteiger partial charge in [-0.1, -0.05) is 212 Å². The van der Waals surface area contributed by atoms with Gasteiger partial charge in [0.05, 0.1) is 16.7 Å². The third-order valence-corrected chi connectivity index (χ3v) is 17.3. The Kier molecular flexibility index (Phi) is 9.93. The first-order valence-electron chi connectivity index (χ1n) is 21.7. The molecule has 0 atom stereocenters. The third kappa shape index (κ3) is 6.76. The van der Waals surface area contributed by atoms with Crippen molar-refractivity contribution in [3.8, 4) is 27.9 Å². The van der Waals surface area contributed by atoms with Crippen LogP contribution in [0.2, 0.25) is 0 Å². The Morgan fingerprint density at radius 3 is 1.29 bits per heavy atom. The monoisotopic (exact) mass is 820 g/mol. The van der Waals surface area contributed by atoms with E-state index in [-0.39, 0.29) is 0 Å². The lowest BCUT2D eigenvalue weighted by molar-refractivity contribution is 1.18. The molecule has 0 N–H and O–H groups in total. The van der Waals surface area contributed by atoms with Crippen LogP contribution in [0.3, 0.4) is 0 Å². The van der Waals surface area contributed by atoms with E-state index in [1.165, 1.54) is 59.2 Å². The molecule has 0 aliphatic heterocycles. The number of nitrogens with zero attached hydrogens (tertiary/aromatic N) is 2. The molecule has 0 unspecified atom stereocenters. The molecule has 10 aromatic carbocycles. The molecule has 298 valence electrons. The van der Waals surface area contributed by atoms with Crippen LogP contribution in [0.25, 0.3) is 49.7 Å². The topological polar surface area (TPSA) is 8.17 Å². The molecule has 3 heteroatoms. The molecule has 0 aliphatic rings. The zero-order chi connectivity index (χ0) is 42.0. The molecule has 0 aliphatic carbocycles. The molecule has 0 saturated heterocycles. The first-order chi connectivity index (χ1) is 31.3. The highest BCUT2D eigenvalue weighted by Gasteiger charge is 2.41. The molecule has 0 radical (unpaired) electrons. The zero-order valence-corrected chi connectivity index (χ0v) is 35.8. The molecule has 2 nitrogen and oxygen atoms in total. The quantitative estimate of drug-likeness (QED) is 0.0985. The van der Waals surface area contributed by atoms with Gasteiger partial charge in [0, 0.05) is 33.4 Å². The number of benzene rings is 10. The van der Waals surface area contributed by atoms with Gasteiger partial charge in [-0.2, -0.15) is 0 Å². The molecule has 11 aromatic rings. The molecule has 63 heavy (non-hydrogen) atoms. The van der Waals surface area contributed by atoms with Gasteiger partial charge in [-0.05, 0) is 92.0 Å². The van der Waals surface area contributed by atoms with Crippen molar-refractivity contribution in [1.29, 1.82) is 0 Å². The minimum atomic E-state index is -2.70. The fraction of sp³-hybridized carbons (Fsp3) is 0. The predicted molar refractivity (Wildman–Crippen MR) is 270 cm³/mol. The van der Waals surface area contributed by atoms with E-state index in [4.69, 9.17) is 0 Å². The van der Waals surface area contributed by atoms with Crippen molar-refractivity contribution in [2.75, 3.05) is 4.90 Å². The van der Waals surface area contributed by atoms with Gasteiger partial charge in [-0.3, -0.25) is 0 Å². The molecule has 0 spiro atoms. The van der Waals surface area contributed by atoms with Crippen molar-refractivity contribution in [3.63, 3.8) is 0 Å². The maximum Gasteiger partial charge on any atom is 0.179 e. The normalized spacial score (nSPS) is 11.5. The molecule has 11 rings (SSSR count). The second kappa shape index (κ2) is 16.5. The number of para-hydroxylation sites is 3. The number of hydrogen-bond acceptors (Lipinski definition) is 1. The van der Waals surface area contributed by atoms with Crippen LogP contribution in [-0.4, -0.2) is 12.6 Å². The van der Waals surface area contributed by atoms with Crippen LogP contribution < -0.4 is 25.6 Å². The average Bonchev–Trinajstić information content (AvgIpc) is 3.71. The summed E-state index contributed by atoms with van der Waals surface area (Å²) in [7, 11) is -2.70. The summed E-state index contributed by atoms with van der Waals surface area (Å²) in [6.07, 6.45) is 0. The number of rotatable bonds is 10. The van der Waals surface area contributed by atoms with Gasteiger partial charge < -0.3 is 9.47 Å². The maximum absolute atomic E-state index is 2.70. The standard InChI is InChI=1S/C60H44N2Si/c1-5-20-46(21-6-1)55-30-13-16-33-58(55)61(49-40-42-54(43-41-49)63(51-24-7-2-8-25-51,52-26-9-3-10-27-52)53-28-11-4-12-29-53)48-38-36-45(37-39-48)47-22-19-23-50(44-47)62-59-34-17-14-31-56(59)57-32-15-18-35-60(57)62/h1-44H. The van der Waals surface area contributed by atoms with E-state index < -0.39 is 8.07 Å². The zero-order valence-electron chi connectivity index (χ0n) is 34.8. The minimum absolute atomic E-state index is 1.09. The summed E-state index contributed by atoms with van der Waals surface area (Å²) < 4.78 is 2.39. The Morgan fingerprint density at radius 2 is 0.730 bits per heavy atom. The molecular formula is C60H44N2Si. The van der Waals surface area contributed by atoms with E-state index in [0.29, 0.717) is 0 Å². The van der Waals surface area contributed by atoms with Crippen molar-refractivity contribution in [3.05, 3.63) is 267 Å². The lowest BCUT2D eigenvalue weighted by Crippen LogP contribution is -2.74. The highest BCUT2D eigenvalue weighted by atomic mass is 28.3. The molecule has 0 saturated carbocycles. The molecular weight excluding hydrogens is 777 g/mol. The van der Waals surface area contributed by atoms with Gasteiger partial charge in [0.1, 0.15) is 0 Å². The lowest BCUT2D eigenvalue weighted by atomic mass is 10.0. The number of aromatic nitrogens is 1. The average molecular weight is 821 g/mol. The summed E-state index contributed by atoms with van der Waals surface area (Å²) in [5.41, 5.74) is 11.6. The highest BCUT2D eigenvalue weighted by Crippen LogP contribution is 2.41. The second-order valence-corrected chi connectivity index (χ2v) is 19.9. The van der Waals surface area contributed by atoms with Gasteiger partial charge in [0.2, 0.25) is 0 Å². The first kappa shape index (κ1) is 38.0. The van der Waals surface area contributed by atoms with Crippen LogP contribution in [0.15, 0.2) is 267 Å². The summed E-state index contributed by atoms with van der Waals surface area (Å²) in [5.74, 6) is 0. The summed E-state index contributed by atoms with van der Waals surface area (Å²) >= 11 is 0. The van der Waals surface area contributed by atoms with Crippen molar-refractivity contribution in [1.82, 2.24) is 4.57 Å². The van der Waals surface area contributed by atoms with E-state index in [0.717, 1.165) is 28.3 Å². The van der Waals surface area contributed by atoms with E-state index in [2.05, 4.69) is 276 Å². The fourth-order valence-corrected chi connectivity index (χ4v) is 14.5. The van der Waals surface area contributed by atoms with Gasteiger partial charge in [-0.25, -0.2) is 0 Å². The van der Waals surface area contributed by atoms with Gasteiger partial charge in [0.25, 0.3) is 0 Å². The van der Waals surface area contributed by atoms with Crippen LogP contribution in [0.1, 0.15) is 0 Å². The lowest BCUT2D eigenvalue weighted by Gasteiger charge is -2.35. The van der Waals surface area contributed by atoms with E-state index in [1.807, 2.05) is 0 Å². The smallest absolute Gasteiger partial charge is 0.179 e. The Morgan fingerprint density at radius 1 is 0.302 bits per heavy atom. The van der Waals surface area contributed by atoms with Gasteiger partial charge in [-0.15, -0.1) is 0 Å². The number of anilines is 3. The first-order valence-corrected chi connectivity index (χ1v) is 23.7. The van der Waals surface area contributed by atoms with Crippen LogP contribution >= 0.6 is 0 Å². The summed E-state index contributed by atoms with van der Waals surface area (Å²) in [6.45, 7) is 0. The third-order valence-electron chi connectivity index (χ3n) is 12.6. The maximum atomic E-state index is 2.42. The van der Waals surface area contributed by atoms with Gasteiger partial charge in [0.15, 0.2) is 8.07 Å². The summed E-state index contributed by atoms with van der Waals surface area (Å²) in [5, 5.41) is 7.95. The van der Waals surface area contributed by atoms with E-state index in [1.54, 1.807) is 0 Å². The van der Waals surface area contributed by atoms with E-state index >= 15 is 0 Å². The van der Waals surface area contributed by atoms with Crippen LogP contribution in [-0.2, 0) is 0 Å².